The van der Waals surface area contributed by atoms with Crippen molar-refractivity contribution in [3.63, 3.8) is 0 Å². The predicted molar refractivity (Wildman–Crippen MR) is 79.3 cm³/mol. The van der Waals surface area contributed by atoms with Gasteiger partial charge in [-0.05, 0) is 44.4 Å². The number of fused-ring (bicyclic) bond motifs is 2. The lowest BCUT2D eigenvalue weighted by atomic mass is 9.67. The Bertz CT molecular complexity index is 585. The van der Waals surface area contributed by atoms with Crippen molar-refractivity contribution in [3.8, 4) is 0 Å². The zero-order valence-corrected chi connectivity index (χ0v) is 12.5. The molecule has 8 heteroatoms. The molecule has 2 aliphatic carbocycles. The van der Waals surface area contributed by atoms with Crippen LogP contribution in [0.2, 0.25) is 0 Å². The van der Waals surface area contributed by atoms with Crippen LogP contribution in [-0.4, -0.2) is 33.1 Å². The Balaban J connectivity index is 1.78. The van der Waals surface area contributed by atoms with E-state index in [-0.39, 0.29) is 23.5 Å². The molecule has 0 saturated heterocycles. The number of aryl methyl sites for hydroxylation is 1. The SMILES string of the molecule is Cc1[nH]nc(C(=O)NC2C3CCCC2CC(N)C3)c1[N+](=O)[O-]. The lowest BCUT2D eigenvalue weighted by Gasteiger charge is -2.45. The highest BCUT2D eigenvalue weighted by Gasteiger charge is 2.41. The van der Waals surface area contributed by atoms with Crippen molar-refractivity contribution in [2.75, 3.05) is 0 Å². The molecule has 0 aliphatic heterocycles. The van der Waals surface area contributed by atoms with Crippen molar-refractivity contribution < 1.29 is 9.72 Å². The van der Waals surface area contributed by atoms with Crippen LogP contribution in [0.4, 0.5) is 5.69 Å². The van der Waals surface area contributed by atoms with E-state index in [1.165, 1.54) is 6.92 Å². The van der Waals surface area contributed by atoms with E-state index in [1.807, 2.05) is 0 Å². The number of rotatable bonds is 3. The summed E-state index contributed by atoms with van der Waals surface area (Å²) in [5.74, 6) is 0.268. The summed E-state index contributed by atoms with van der Waals surface area (Å²) in [6, 6.07) is 0.253. The molecule has 1 aromatic heterocycles. The molecule has 0 radical (unpaired) electrons. The van der Waals surface area contributed by atoms with Gasteiger partial charge in [0, 0.05) is 12.1 Å². The molecule has 120 valence electrons. The number of hydrogen-bond acceptors (Lipinski definition) is 5. The summed E-state index contributed by atoms with van der Waals surface area (Å²) in [5, 5.41) is 20.4. The van der Waals surface area contributed by atoms with Crippen LogP contribution >= 0.6 is 0 Å². The molecule has 0 aromatic carbocycles. The van der Waals surface area contributed by atoms with Gasteiger partial charge in [0.25, 0.3) is 5.91 Å². The van der Waals surface area contributed by atoms with Crippen LogP contribution in [0.25, 0.3) is 0 Å². The summed E-state index contributed by atoms with van der Waals surface area (Å²) in [6.07, 6.45) is 5.08. The number of aromatic nitrogens is 2. The quantitative estimate of drug-likeness (QED) is 0.572. The standard InChI is InChI=1S/C14H21N5O3/c1-7-13(19(21)22)12(18-17-7)14(20)16-11-8-3-2-4-9(11)6-10(15)5-8/h8-11H,2-6,15H2,1H3,(H,16,20)(H,17,18). The fourth-order valence-electron chi connectivity index (χ4n) is 4.05. The molecule has 2 saturated carbocycles. The van der Waals surface area contributed by atoms with Gasteiger partial charge < -0.3 is 11.1 Å². The predicted octanol–water partition coefficient (Wildman–Crippen LogP) is 1.26. The molecule has 1 heterocycles. The topological polar surface area (TPSA) is 127 Å². The molecule has 2 atom stereocenters. The molecule has 4 N–H and O–H groups in total. The highest BCUT2D eigenvalue weighted by molar-refractivity contribution is 5.96. The molecule has 0 spiro atoms. The normalized spacial score (nSPS) is 30.8. The average molecular weight is 307 g/mol. The maximum Gasteiger partial charge on any atom is 0.322 e. The van der Waals surface area contributed by atoms with Gasteiger partial charge in [0.05, 0.1) is 4.92 Å². The van der Waals surface area contributed by atoms with Gasteiger partial charge in [-0.1, -0.05) is 6.42 Å². The summed E-state index contributed by atoms with van der Waals surface area (Å²) < 4.78 is 0. The molecular formula is C14H21N5O3. The Morgan fingerprint density at radius 1 is 1.41 bits per heavy atom. The van der Waals surface area contributed by atoms with E-state index >= 15 is 0 Å². The van der Waals surface area contributed by atoms with Gasteiger partial charge >= 0.3 is 5.69 Å². The van der Waals surface area contributed by atoms with E-state index in [1.54, 1.807) is 0 Å². The number of aromatic amines is 1. The van der Waals surface area contributed by atoms with Gasteiger partial charge in [0.1, 0.15) is 5.69 Å². The van der Waals surface area contributed by atoms with E-state index in [0.717, 1.165) is 32.1 Å². The van der Waals surface area contributed by atoms with Gasteiger partial charge in [-0.25, -0.2) is 0 Å². The molecule has 8 nitrogen and oxygen atoms in total. The molecule has 1 amide bonds. The third-order valence-corrected chi connectivity index (χ3v) is 4.99. The van der Waals surface area contributed by atoms with Crippen LogP contribution in [0.1, 0.15) is 48.3 Å². The van der Waals surface area contributed by atoms with Gasteiger partial charge in [-0.3, -0.25) is 20.0 Å². The van der Waals surface area contributed by atoms with E-state index in [2.05, 4.69) is 15.5 Å². The second kappa shape index (κ2) is 5.68. The van der Waals surface area contributed by atoms with Gasteiger partial charge in [0.15, 0.2) is 0 Å². The second-order valence-electron chi connectivity index (χ2n) is 6.48. The summed E-state index contributed by atoms with van der Waals surface area (Å²) >= 11 is 0. The minimum atomic E-state index is -0.564. The van der Waals surface area contributed by atoms with Crippen LogP contribution in [0.15, 0.2) is 0 Å². The molecule has 2 unspecified atom stereocenters. The maximum atomic E-state index is 12.4. The number of nitrogens with zero attached hydrogens (tertiary/aromatic N) is 2. The van der Waals surface area contributed by atoms with E-state index in [0.29, 0.717) is 17.5 Å². The number of amides is 1. The van der Waals surface area contributed by atoms with Crippen molar-refractivity contribution in [3.05, 3.63) is 21.5 Å². The van der Waals surface area contributed by atoms with E-state index in [9.17, 15) is 14.9 Å². The highest BCUT2D eigenvalue weighted by atomic mass is 16.6. The first-order valence-corrected chi connectivity index (χ1v) is 7.73. The van der Waals surface area contributed by atoms with Crippen LogP contribution in [0.3, 0.4) is 0 Å². The van der Waals surface area contributed by atoms with Crippen molar-refractivity contribution in [2.45, 2.75) is 51.1 Å². The second-order valence-corrected chi connectivity index (χ2v) is 6.48. The molecule has 22 heavy (non-hydrogen) atoms. The average Bonchev–Trinajstić information content (AvgIpc) is 2.82. The molecule has 2 aliphatic rings. The first-order valence-electron chi connectivity index (χ1n) is 7.73. The largest absolute Gasteiger partial charge is 0.347 e. The fourth-order valence-corrected chi connectivity index (χ4v) is 4.05. The van der Waals surface area contributed by atoms with E-state index in [4.69, 9.17) is 5.73 Å². The third kappa shape index (κ3) is 2.58. The first kappa shape index (κ1) is 15.0. The van der Waals surface area contributed by atoms with Crippen LogP contribution in [0.5, 0.6) is 0 Å². The Labute approximate surface area is 128 Å². The van der Waals surface area contributed by atoms with E-state index < -0.39 is 10.8 Å². The van der Waals surface area contributed by atoms with Gasteiger partial charge in [0.2, 0.25) is 5.69 Å². The Morgan fingerprint density at radius 3 is 2.64 bits per heavy atom. The summed E-state index contributed by atoms with van der Waals surface area (Å²) in [6.45, 7) is 1.54. The maximum absolute atomic E-state index is 12.4. The first-order chi connectivity index (χ1) is 10.5. The number of nitro groups is 1. The van der Waals surface area contributed by atoms with Crippen molar-refractivity contribution >= 4 is 11.6 Å². The minimum absolute atomic E-state index is 0.0534. The Kier molecular flexibility index (Phi) is 3.86. The number of H-pyrrole nitrogens is 1. The summed E-state index contributed by atoms with van der Waals surface area (Å²) in [7, 11) is 0. The fraction of sp³-hybridized carbons (Fsp3) is 0.714. The van der Waals surface area contributed by atoms with Gasteiger partial charge in [-0.15, -0.1) is 0 Å². The van der Waals surface area contributed by atoms with Crippen LogP contribution in [-0.2, 0) is 0 Å². The number of hydrogen-bond donors (Lipinski definition) is 3. The Hall–Kier alpha value is -1.96. The lowest BCUT2D eigenvalue weighted by molar-refractivity contribution is -0.385. The smallest absolute Gasteiger partial charge is 0.322 e. The number of carbonyl (C=O) groups is 1. The molecule has 3 rings (SSSR count). The van der Waals surface area contributed by atoms with Gasteiger partial charge in [-0.2, -0.15) is 5.10 Å². The highest BCUT2D eigenvalue weighted by Crippen LogP contribution is 2.39. The minimum Gasteiger partial charge on any atom is -0.347 e. The molecule has 2 fully saturated rings. The van der Waals surface area contributed by atoms with Crippen LogP contribution in [0, 0.1) is 28.9 Å². The third-order valence-electron chi connectivity index (χ3n) is 4.99. The zero-order chi connectivity index (χ0) is 15.9. The monoisotopic (exact) mass is 307 g/mol. The van der Waals surface area contributed by atoms with Crippen molar-refractivity contribution in [1.29, 1.82) is 0 Å². The summed E-state index contributed by atoms with van der Waals surface area (Å²) in [4.78, 5) is 23.0. The molecule has 1 aromatic rings. The zero-order valence-electron chi connectivity index (χ0n) is 12.5. The Morgan fingerprint density at radius 2 is 2.05 bits per heavy atom. The number of carbonyl (C=O) groups excluding carboxylic acids is 1. The number of nitrogens with one attached hydrogen (secondary N) is 2. The molecule has 2 bridgehead atoms. The molecular weight excluding hydrogens is 286 g/mol. The van der Waals surface area contributed by atoms with Crippen LogP contribution < -0.4 is 11.1 Å². The lowest BCUT2D eigenvalue weighted by Crippen LogP contribution is -2.53. The van der Waals surface area contributed by atoms with Crippen molar-refractivity contribution in [1.82, 2.24) is 15.5 Å². The van der Waals surface area contributed by atoms with Crippen molar-refractivity contribution in [2.24, 2.45) is 17.6 Å². The summed E-state index contributed by atoms with van der Waals surface area (Å²) in [5.41, 5.74) is 6.00. The number of nitrogens with two attached hydrogens (primary N) is 1.